The van der Waals surface area contributed by atoms with Gasteiger partial charge in [-0.25, -0.2) is 0 Å². The van der Waals surface area contributed by atoms with E-state index in [1.807, 2.05) is 6.92 Å². The van der Waals surface area contributed by atoms with Gasteiger partial charge in [-0.05, 0) is 38.5 Å². The number of amides is 2. The Morgan fingerprint density at radius 2 is 2.11 bits per heavy atom. The van der Waals surface area contributed by atoms with E-state index in [4.69, 9.17) is 11.6 Å². The van der Waals surface area contributed by atoms with Gasteiger partial charge < -0.3 is 10.2 Å². The van der Waals surface area contributed by atoms with Crippen molar-refractivity contribution in [2.24, 2.45) is 0 Å². The number of benzene rings is 1. The lowest BCUT2D eigenvalue weighted by molar-refractivity contribution is -0.133. The second-order valence-electron chi connectivity index (χ2n) is 5.18. The SMILES string of the molecule is Cc1c(Cl)cccc1C(=O)N1CCNC(=O)C1(C)C. The van der Waals surface area contributed by atoms with E-state index in [-0.39, 0.29) is 11.8 Å². The van der Waals surface area contributed by atoms with Crippen molar-refractivity contribution in [3.05, 3.63) is 34.3 Å². The first-order chi connectivity index (χ1) is 8.85. The zero-order valence-electron chi connectivity index (χ0n) is 11.3. The van der Waals surface area contributed by atoms with Crippen molar-refractivity contribution in [2.45, 2.75) is 26.3 Å². The van der Waals surface area contributed by atoms with Gasteiger partial charge in [0.25, 0.3) is 5.91 Å². The molecule has 0 unspecified atom stereocenters. The summed E-state index contributed by atoms with van der Waals surface area (Å²) in [6.07, 6.45) is 0. The summed E-state index contributed by atoms with van der Waals surface area (Å²) in [5.41, 5.74) is 0.454. The maximum Gasteiger partial charge on any atom is 0.255 e. The average Bonchev–Trinajstić information content (AvgIpc) is 2.35. The van der Waals surface area contributed by atoms with Crippen LogP contribution in [0.15, 0.2) is 18.2 Å². The summed E-state index contributed by atoms with van der Waals surface area (Å²) in [4.78, 5) is 26.1. The molecular formula is C14H17ClN2O2. The van der Waals surface area contributed by atoms with Crippen molar-refractivity contribution in [3.63, 3.8) is 0 Å². The molecular weight excluding hydrogens is 264 g/mol. The molecule has 0 atom stereocenters. The molecule has 1 N–H and O–H groups in total. The molecule has 5 heteroatoms. The Balaban J connectivity index is 2.38. The van der Waals surface area contributed by atoms with E-state index < -0.39 is 5.54 Å². The van der Waals surface area contributed by atoms with E-state index in [0.29, 0.717) is 23.7 Å². The molecule has 0 aliphatic carbocycles. The molecule has 1 aliphatic heterocycles. The second kappa shape index (κ2) is 4.85. The number of nitrogens with one attached hydrogen (secondary N) is 1. The van der Waals surface area contributed by atoms with E-state index in [1.54, 1.807) is 36.9 Å². The third-order valence-electron chi connectivity index (χ3n) is 3.59. The lowest BCUT2D eigenvalue weighted by atomic mass is 9.96. The van der Waals surface area contributed by atoms with Gasteiger partial charge in [-0.15, -0.1) is 0 Å². The minimum absolute atomic E-state index is 0.133. The number of halogens is 1. The summed E-state index contributed by atoms with van der Waals surface area (Å²) in [5.74, 6) is -0.286. The largest absolute Gasteiger partial charge is 0.352 e. The Hall–Kier alpha value is -1.55. The first-order valence-corrected chi connectivity index (χ1v) is 6.59. The van der Waals surface area contributed by atoms with Crippen LogP contribution in [0, 0.1) is 6.92 Å². The normalized spacial score (nSPS) is 18.1. The molecule has 102 valence electrons. The number of rotatable bonds is 1. The van der Waals surface area contributed by atoms with E-state index in [1.165, 1.54) is 0 Å². The average molecular weight is 281 g/mol. The fourth-order valence-corrected chi connectivity index (χ4v) is 2.41. The highest BCUT2D eigenvalue weighted by Gasteiger charge is 2.40. The fraction of sp³-hybridized carbons (Fsp3) is 0.429. The molecule has 19 heavy (non-hydrogen) atoms. The third-order valence-corrected chi connectivity index (χ3v) is 4.00. The lowest BCUT2D eigenvalue weighted by Crippen LogP contribution is -2.63. The fourth-order valence-electron chi connectivity index (χ4n) is 2.24. The summed E-state index contributed by atoms with van der Waals surface area (Å²) in [6, 6.07) is 5.24. The van der Waals surface area contributed by atoms with Crippen molar-refractivity contribution < 1.29 is 9.59 Å². The van der Waals surface area contributed by atoms with Crippen molar-refractivity contribution in [2.75, 3.05) is 13.1 Å². The van der Waals surface area contributed by atoms with Crippen LogP contribution in [-0.2, 0) is 4.79 Å². The number of hydrogen-bond donors (Lipinski definition) is 1. The van der Waals surface area contributed by atoms with Gasteiger partial charge in [0.2, 0.25) is 5.91 Å². The van der Waals surface area contributed by atoms with Gasteiger partial charge in [0.05, 0.1) is 0 Å². The number of carbonyl (C=O) groups is 2. The Labute approximate surface area is 117 Å². The Bertz CT molecular complexity index is 540. The smallest absolute Gasteiger partial charge is 0.255 e. The zero-order chi connectivity index (χ0) is 14.2. The van der Waals surface area contributed by atoms with Crippen molar-refractivity contribution in [1.29, 1.82) is 0 Å². The van der Waals surface area contributed by atoms with Crippen LogP contribution in [-0.4, -0.2) is 35.3 Å². The Morgan fingerprint density at radius 1 is 1.42 bits per heavy atom. The quantitative estimate of drug-likeness (QED) is 0.855. The van der Waals surface area contributed by atoms with Gasteiger partial charge in [0, 0.05) is 23.7 Å². The van der Waals surface area contributed by atoms with Gasteiger partial charge >= 0.3 is 0 Å². The summed E-state index contributed by atoms with van der Waals surface area (Å²) in [5, 5.41) is 3.34. The topological polar surface area (TPSA) is 49.4 Å². The summed E-state index contributed by atoms with van der Waals surface area (Å²) >= 11 is 6.05. The van der Waals surface area contributed by atoms with Crippen molar-refractivity contribution in [3.8, 4) is 0 Å². The standard InChI is InChI=1S/C14H17ClN2O2/c1-9-10(5-4-6-11(9)15)12(18)17-8-7-16-13(19)14(17,2)3/h4-6H,7-8H2,1-3H3,(H,16,19). The molecule has 1 aliphatic rings. The molecule has 0 spiro atoms. The van der Waals surface area contributed by atoms with Gasteiger partial charge in [-0.3, -0.25) is 9.59 Å². The molecule has 2 amide bonds. The molecule has 0 radical (unpaired) electrons. The monoisotopic (exact) mass is 280 g/mol. The predicted molar refractivity (Wildman–Crippen MR) is 74.3 cm³/mol. The second-order valence-corrected chi connectivity index (χ2v) is 5.59. The molecule has 4 nitrogen and oxygen atoms in total. The van der Waals surface area contributed by atoms with Gasteiger partial charge in [0.1, 0.15) is 5.54 Å². The molecule has 0 saturated carbocycles. The third kappa shape index (κ3) is 2.32. The minimum atomic E-state index is -0.843. The lowest BCUT2D eigenvalue weighted by Gasteiger charge is -2.41. The summed E-state index contributed by atoms with van der Waals surface area (Å²) in [7, 11) is 0. The molecule has 1 aromatic rings. The first-order valence-electron chi connectivity index (χ1n) is 6.21. The molecule has 1 saturated heterocycles. The van der Waals surface area contributed by atoms with Gasteiger partial charge in [-0.2, -0.15) is 0 Å². The maximum atomic E-state index is 12.6. The summed E-state index contributed by atoms with van der Waals surface area (Å²) in [6.45, 7) is 6.29. The van der Waals surface area contributed by atoms with E-state index >= 15 is 0 Å². The van der Waals surface area contributed by atoms with E-state index in [0.717, 1.165) is 5.56 Å². The van der Waals surface area contributed by atoms with Gasteiger partial charge in [0.15, 0.2) is 0 Å². The zero-order valence-corrected chi connectivity index (χ0v) is 12.0. The number of nitrogens with zero attached hydrogens (tertiary/aromatic N) is 1. The molecule has 1 fully saturated rings. The minimum Gasteiger partial charge on any atom is -0.352 e. The van der Waals surface area contributed by atoms with Crippen LogP contribution in [0.4, 0.5) is 0 Å². The number of hydrogen-bond acceptors (Lipinski definition) is 2. The van der Waals surface area contributed by atoms with E-state index in [2.05, 4.69) is 5.32 Å². The molecule has 0 bridgehead atoms. The molecule has 1 aromatic carbocycles. The maximum absolute atomic E-state index is 12.6. The Morgan fingerprint density at radius 3 is 2.79 bits per heavy atom. The highest BCUT2D eigenvalue weighted by molar-refractivity contribution is 6.31. The van der Waals surface area contributed by atoms with Crippen LogP contribution in [0.25, 0.3) is 0 Å². The number of piperazine rings is 1. The first kappa shape index (κ1) is 13.9. The Kier molecular flexibility index (Phi) is 3.54. The van der Waals surface area contributed by atoms with Crippen LogP contribution < -0.4 is 5.32 Å². The van der Waals surface area contributed by atoms with Crippen LogP contribution >= 0.6 is 11.6 Å². The number of carbonyl (C=O) groups excluding carboxylic acids is 2. The van der Waals surface area contributed by atoms with Crippen molar-refractivity contribution >= 4 is 23.4 Å². The van der Waals surface area contributed by atoms with Crippen molar-refractivity contribution in [1.82, 2.24) is 10.2 Å². The highest BCUT2D eigenvalue weighted by Crippen LogP contribution is 2.25. The van der Waals surface area contributed by atoms with E-state index in [9.17, 15) is 9.59 Å². The molecule has 0 aromatic heterocycles. The predicted octanol–water partition coefficient (Wildman–Crippen LogP) is 2.00. The van der Waals surface area contributed by atoms with Gasteiger partial charge in [-0.1, -0.05) is 17.7 Å². The highest BCUT2D eigenvalue weighted by atomic mass is 35.5. The molecule has 1 heterocycles. The van der Waals surface area contributed by atoms with Crippen LogP contribution in [0.5, 0.6) is 0 Å². The van der Waals surface area contributed by atoms with Crippen LogP contribution in [0.3, 0.4) is 0 Å². The molecule has 2 rings (SSSR count). The van der Waals surface area contributed by atoms with Crippen LogP contribution in [0.2, 0.25) is 5.02 Å². The van der Waals surface area contributed by atoms with Crippen LogP contribution in [0.1, 0.15) is 29.8 Å². The summed E-state index contributed by atoms with van der Waals surface area (Å²) < 4.78 is 0.